The van der Waals surface area contributed by atoms with Crippen LogP contribution in [-0.2, 0) is 6.42 Å². The fourth-order valence-corrected chi connectivity index (χ4v) is 3.32. The second-order valence-corrected chi connectivity index (χ2v) is 5.90. The number of fused-ring (bicyclic) bond motifs is 1. The van der Waals surface area contributed by atoms with Crippen molar-refractivity contribution in [2.24, 2.45) is 0 Å². The molecule has 1 aromatic carbocycles. The topological polar surface area (TPSA) is 55.3 Å². The lowest BCUT2D eigenvalue weighted by Crippen LogP contribution is -2.38. The zero-order valence-corrected chi connectivity index (χ0v) is 13.2. The summed E-state index contributed by atoms with van der Waals surface area (Å²) in [5.74, 6) is 0.655. The minimum absolute atomic E-state index is 0.0560. The molecule has 104 valence electrons. The predicted molar refractivity (Wildman–Crippen MR) is 80.6 cm³/mol. The van der Waals surface area contributed by atoms with Crippen LogP contribution >= 0.6 is 27.5 Å². The van der Waals surface area contributed by atoms with E-state index in [1.54, 1.807) is 4.90 Å². The Bertz CT molecular complexity index is 659. The summed E-state index contributed by atoms with van der Waals surface area (Å²) in [6, 6.07) is 5.68. The van der Waals surface area contributed by atoms with Crippen LogP contribution in [0, 0.1) is 0 Å². The number of hydrogen-bond acceptors (Lipinski definition) is 5. The molecule has 0 bridgehead atoms. The molecule has 0 spiro atoms. The Morgan fingerprint density at radius 1 is 1.55 bits per heavy atom. The quantitative estimate of drug-likeness (QED) is 0.832. The van der Waals surface area contributed by atoms with Gasteiger partial charge in [-0.2, -0.15) is 0 Å². The number of hydrogen-bond donors (Lipinski definition) is 0. The maximum atomic E-state index is 12.7. The molecule has 7 heteroatoms. The van der Waals surface area contributed by atoms with E-state index in [0.717, 1.165) is 27.4 Å². The van der Waals surface area contributed by atoms with E-state index < -0.39 is 0 Å². The van der Waals surface area contributed by atoms with Crippen LogP contribution in [0.3, 0.4) is 0 Å². The molecular formula is C13H12BrN3O2S. The molecule has 2 heterocycles. The summed E-state index contributed by atoms with van der Waals surface area (Å²) in [4.78, 5) is 15.0. The van der Waals surface area contributed by atoms with Gasteiger partial charge in [-0.25, -0.2) is 0 Å². The fraction of sp³-hybridized carbons (Fsp3) is 0.308. The van der Waals surface area contributed by atoms with Crippen molar-refractivity contribution in [3.05, 3.63) is 33.2 Å². The monoisotopic (exact) mass is 353 g/mol. The number of para-hydroxylation sites is 1. The Balaban J connectivity index is 2.01. The van der Waals surface area contributed by atoms with Crippen LogP contribution in [0.25, 0.3) is 0 Å². The van der Waals surface area contributed by atoms with E-state index in [4.69, 9.17) is 4.74 Å². The molecule has 1 aliphatic heterocycles. The Hall–Kier alpha value is -1.47. The molecule has 1 aromatic heterocycles. The third-order valence-electron chi connectivity index (χ3n) is 3.13. The zero-order valence-electron chi connectivity index (χ0n) is 10.8. The van der Waals surface area contributed by atoms with E-state index in [1.807, 2.05) is 25.1 Å². The molecule has 1 aliphatic rings. The number of carbonyl (C=O) groups excluding carboxylic acids is 1. The summed E-state index contributed by atoms with van der Waals surface area (Å²) < 4.78 is 10.4. The van der Waals surface area contributed by atoms with Crippen LogP contribution in [0.4, 0.5) is 5.69 Å². The normalized spacial score (nSPS) is 13.8. The first kappa shape index (κ1) is 13.5. The van der Waals surface area contributed by atoms with Gasteiger partial charge < -0.3 is 9.64 Å². The number of ether oxygens (including phenoxy) is 1. The molecule has 0 fully saturated rings. The highest BCUT2D eigenvalue weighted by molar-refractivity contribution is 9.10. The standard InChI is InChI=1S/C13H12BrN3O2S/c1-2-9-12(20-16-15-9)13(18)17-6-7-19-11-8(14)4-3-5-10(11)17/h3-5H,2,6-7H2,1H3. The van der Waals surface area contributed by atoms with E-state index in [-0.39, 0.29) is 5.91 Å². The summed E-state index contributed by atoms with van der Waals surface area (Å²) in [5, 5.41) is 4.00. The first-order chi connectivity index (χ1) is 9.72. The largest absolute Gasteiger partial charge is 0.488 e. The number of anilines is 1. The maximum Gasteiger partial charge on any atom is 0.272 e. The highest BCUT2D eigenvalue weighted by atomic mass is 79.9. The molecule has 2 aromatic rings. The lowest BCUT2D eigenvalue weighted by Gasteiger charge is -2.29. The van der Waals surface area contributed by atoms with E-state index in [2.05, 4.69) is 25.5 Å². The van der Waals surface area contributed by atoms with Crippen LogP contribution < -0.4 is 9.64 Å². The van der Waals surface area contributed by atoms with Crippen molar-refractivity contribution in [3.8, 4) is 5.75 Å². The number of rotatable bonds is 2. The van der Waals surface area contributed by atoms with E-state index in [1.165, 1.54) is 0 Å². The Labute approximate surface area is 128 Å². The van der Waals surface area contributed by atoms with Gasteiger partial charge in [0.15, 0.2) is 5.75 Å². The Morgan fingerprint density at radius 2 is 2.40 bits per heavy atom. The molecule has 0 radical (unpaired) electrons. The van der Waals surface area contributed by atoms with Gasteiger partial charge in [0.2, 0.25) is 0 Å². The van der Waals surface area contributed by atoms with Gasteiger partial charge in [-0.15, -0.1) is 5.10 Å². The molecule has 1 amide bonds. The third kappa shape index (κ3) is 2.20. The second kappa shape index (κ2) is 5.49. The average molecular weight is 354 g/mol. The summed E-state index contributed by atoms with van der Waals surface area (Å²) >= 11 is 4.60. The molecule has 0 atom stereocenters. The lowest BCUT2D eigenvalue weighted by molar-refractivity contribution is 0.0979. The third-order valence-corrected chi connectivity index (χ3v) is 4.51. The van der Waals surface area contributed by atoms with Gasteiger partial charge in [-0.3, -0.25) is 4.79 Å². The van der Waals surface area contributed by atoms with Gasteiger partial charge in [0.05, 0.1) is 22.4 Å². The Kier molecular flexibility index (Phi) is 3.71. The minimum Gasteiger partial charge on any atom is -0.488 e. The molecule has 0 saturated heterocycles. The predicted octanol–water partition coefficient (Wildman–Crippen LogP) is 2.90. The molecule has 20 heavy (non-hydrogen) atoms. The number of amides is 1. The van der Waals surface area contributed by atoms with E-state index in [0.29, 0.717) is 30.2 Å². The van der Waals surface area contributed by atoms with Gasteiger partial charge in [-0.1, -0.05) is 17.5 Å². The first-order valence-corrected chi connectivity index (χ1v) is 7.83. The molecule has 0 N–H and O–H groups in total. The van der Waals surface area contributed by atoms with Gasteiger partial charge in [0.25, 0.3) is 5.91 Å². The van der Waals surface area contributed by atoms with Crippen LogP contribution in [0.2, 0.25) is 0 Å². The number of halogens is 1. The van der Waals surface area contributed by atoms with Gasteiger partial charge in [0, 0.05) is 0 Å². The zero-order chi connectivity index (χ0) is 14.1. The smallest absolute Gasteiger partial charge is 0.272 e. The summed E-state index contributed by atoms with van der Waals surface area (Å²) in [6.07, 6.45) is 0.702. The fourth-order valence-electron chi connectivity index (χ4n) is 2.15. The van der Waals surface area contributed by atoms with E-state index in [9.17, 15) is 4.79 Å². The number of benzene rings is 1. The van der Waals surface area contributed by atoms with Crippen molar-refractivity contribution in [1.82, 2.24) is 9.59 Å². The second-order valence-electron chi connectivity index (χ2n) is 4.30. The lowest BCUT2D eigenvalue weighted by atomic mass is 10.2. The first-order valence-electron chi connectivity index (χ1n) is 6.26. The van der Waals surface area contributed by atoms with Crippen LogP contribution in [0.5, 0.6) is 5.75 Å². The van der Waals surface area contributed by atoms with Crippen molar-refractivity contribution in [2.45, 2.75) is 13.3 Å². The van der Waals surface area contributed by atoms with Crippen LogP contribution in [-0.4, -0.2) is 28.6 Å². The highest BCUT2D eigenvalue weighted by Gasteiger charge is 2.28. The number of carbonyl (C=O) groups is 1. The molecular weight excluding hydrogens is 342 g/mol. The van der Waals surface area contributed by atoms with Crippen LogP contribution in [0.15, 0.2) is 22.7 Å². The van der Waals surface area contributed by atoms with Gasteiger partial charge in [0.1, 0.15) is 11.5 Å². The van der Waals surface area contributed by atoms with Crippen molar-refractivity contribution in [3.63, 3.8) is 0 Å². The molecule has 3 rings (SSSR count). The van der Waals surface area contributed by atoms with Crippen molar-refractivity contribution >= 4 is 39.1 Å². The summed E-state index contributed by atoms with van der Waals surface area (Å²) in [5.41, 5.74) is 1.54. The van der Waals surface area contributed by atoms with E-state index >= 15 is 0 Å². The SMILES string of the molecule is CCc1nnsc1C(=O)N1CCOc2c(Br)cccc21. The average Bonchev–Trinajstić information content (AvgIpc) is 2.95. The minimum atomic E-state index is -0.0560. The maximum absolute atomic E-state index is 12.7. The molecule has 0 aliphatic carbocycles. The Morgan fingerprint density at radius 3 is 3.20 bits per heavy atom. The van der Waals surface area contributed by atoms with Crippen molar-refractivity contribution < 1.29 is 9.53 Å². The molecule has 0 unspecified atom stereocenters. The van der Waals surface area contributed by atoms with Crippen molar-refractivity contribution in [1.29, 1.82) is 0 Å². The molecule has 0 saturated carbocycles. The summed E-state index contributed by atoms with van der Waals surface area (Å²) in [6.45, 7) is 2.98. The summed E-state index contributed by atoms with van der Waals surface area (Å²) in [7, 11) is 0. The van der Waals surface area contributed by atoms with Crippen LogP contribution in [0.1, 0.15) is 22.3 Å². The van der Waals surface area contributed by atoms with Gasteiger partial charge >= 0.3 is 0 Å². The molecule has 5 nitrogen and oxygen atoms in total. The number of aryl methyl sites for hydroxylation is 1. The number of aromatic nitrogens is 2. The highest BCUT2D eigenvalue weighted by Crippen LogP contribution is 2.38. The van der Waals surface area contributed by atoms with Gasteiger partial charge in [-0.05, 0) is 46.0 Å². The van der Waals surface area contributed by atoms with Crippen molar-refractivity contribution in [2.75, 3.05) is 18.1 Å². The number of nitrogens with zero attached hydrogens (tertiary/aromatic N) is 3.